The van der Waals surface area contributed by atoms with E-state index in [0.29, 0.717) is 19.8 Å². The van der Waals surface area contributed by atoms with Crippen molar-refractivity contribution in [1.29, 1.82) is 0 Å². The van der Waals surface area contributed by atoms with E-state index in [1.165, 1.54) is 19.3 Å². The third-order valence-corrected chi connectivity index (χ3v) is 5.28. The highest BCUT2D eigenvalue weighted by atomic mass is 127. The number of guanidine groups is 1. The van der Waals surface area contributed by atoms with Crippen LogP contribution < -0.4 is 5.32 Å². The largest absolute Gasteiger partial charge is 0.377 e. The maximum absolute atomic E-state index is 5.51. The van der Waals surface area contributed by atoms with Crippen LogP contribution in [0.25, 0.3) is 0 Å². The molecule has 4 rings (SSSR count). The Hall–Kier alpha value is -1.72. The smallest absolute Gasteiger partial charge is 0.198 e. The number of nitrogens with zero attached hydrogens (tertiary/aromatic N) is 5. The molecule has 0 radical (unpaired) electrons. The Bertz CT molecular complexity index is 778. The molecule has 9 heteroatoms. The van der Waals surface area contributed by atoms with Crippen LogP contribution in [-0.4, -0.2) is 65.4 Å². The van der Waals surface area contributed by atoms with Crippen molar-refractivity contribution in [2.45, 2.75) is 38.0 Å². The summed E-state index contributed by atoms with van der Waals surface area (Å²) < 4.78 is 12.8. The Labute approximate surface area is 188 Å². The van der Waals surface area contributed by atoms with E-state index in [1.54, 1.807) is 7.11 Å². The first-order valence-electron chi connectivity index (χ1n) is 9.96. The van der Waals surface area contributed by atoms with Crippen molar-refractivity contribution in [3.8, 4) is 0 Å². The summed E-state index contributed by atoms with van der Waals surface area (Å²) in [6.45, 7) is 3.73. The van der Waals surface area contributed by atoms with Gasteiger partial charge in [-0.1, -0.05) is 23.4 Å². The monoisotopic (exact) mass is 512 g/mol. The number of para-hydroxylation sites is 1. The number of nitrogens with one attached hydrogen (secondary N) is 1. The van der Waals surface area contributed by atoms with Gasteiger partial charge in [0.15, 0.2) is 5.96 Å². The van der Waals surface area contributed by atoms with Crippen molar-refractivity contribution in [3.05, 3.63) is 42.2 Å². The van der Waals surface area contributed by atoms with E-state index in [1.807, 2.05) is 29.1 Å². The third kappa shape index (κ3) is 5.67. The van der Waals surface area contributed by atoms with Gasteiger partial charge in [0.2, 0.25) is 0 Å². The SMILES string of the molecule is CO[C@@H]1COC[C@H]1n1cc(CN=C(Nc2ccccc2)N2CCCCC2)nn1.I. The molecule has 2 aromatic rings. The molecule has 1 aromatic carbocycles. The maximum atomic E-state index is 5.51. The molecule has 2 aliphatic heterocycles. The molecule has 0 amide bonds. The fraction of sp³-hybridized carbons (Fsp3) is 0.550. The van der Waals surface area contributed by atoms with Crippen LogP contribution in [0, 0.1) is 0 Å². The summed E-state index contributed by atoms with van der Waals surface area (Å²) in [6.07, 6.45) is 5.65. The Kier molecular flexibility index (Phi) is 8.25. The van der Waals surface area contributed by atoms with Gasteiger partial charge < -0.3 is 19.7 Å². The lowest BCUT2D eigenvalue weighted by Crippen LogP contribution is -2.40. The predicted octanol–water partition coefficient (Wildman–Crippen LogP) is 2.94. The van der Waals surface area contributed by atoms with E-state index in [-0.39, 0.29) is 36.1 Å². The molecular formula is C20H29IN6O2. The van der Waals surface area contributed by atoms with Crippen molar-refractivity contribution in [1.82, 2.24) is 19.9 Å². The molecule has 2 atom stereocenters. The molecule has 0 aliphatic carbocycles. The minimum absolute atomic E-state index is 0. The fourth-order valence-corrected chi connectivity index (χ4v) is 3.67. The van der Waals surface area contributed by atoms with E-state index in [0.717, 1.165) is 30.4 Å². The number of benzene rings is 1. The summed E-state index contributed by atoms with van der Waals surface area (Å²) >= 11 is 0. The number of anilines is 1. The molecule has 2 aliphatic rings. The van der Waals surface area contributed by atoms with Gasteiger partial charge in [0.1, 0.15) is 17.8 Å². The summed E-state index contributed by atoms with van der Waals surface area (Å²) in [4.78, 5) is 7.17. The zero-order valence-electron chi connectivity index (χ0n) is 16.7. The molecular weight excluding hydrogens is 483 g/mol. The molecule has 2 fully saturated rings. The van der Waals surface area contributed by atoms with Crippen LogP contribution in [0.4, 0.5) is 5.69 Å². The first kappa shape index (κ1) is 22.0. The quantitative estimate of drug-likeness (QED) is 0.377. The Balaban J connectivity index is 0.00000240. The van der Waals surface area contributed by atoms with Gasteiger partial charge in [0.05, 0.1) is 26.0 Å². The van der Waals surface area contributed by atoms with E-state index in [4.69, 9.17) is 14.5 Å². The molecule has 0 saturated carbocycles. The number of hydrogen-bond donors (Lipinski definition) is 1. The zero-order valence-corrected chi connectivity index (χ0v) is 19.1. The molecule has 2 saturated heterocycles. The first-order valence-corrected chi connectivity index (χ1v) is 9.96. The lowest BCUT2D eigenvalue weighted by Gasteiger charge is -2.30. The number of methoxy groups -OCH3 is 1. The van der Waals surface area contributed by atoms with E-state index in [9.17, 15) is 0 Å². The lowest BCUT2D eigenvalue weighted by atomic mass is 10.1. The third-order valence-electron chi connectivity index (χ3n) is 5.28. The highest BCUT2D eigenvalue weighted by molar-refractivity contribution is 14.0. The van der Waals surface area contributed by atoms with Crippen molar-refractivity contribution in [2.75, 3.05) is 38.7 Å². The maximum Gasteiger partial charge on any atom is 0.198 e. The highest BCUT2D eigenvalue weighted by Gasteiger charge is 2.30. The van der Waals surface area contributed by atoms with Gasteiger partial charge in [-0.25, -0.2) is 9.67 Å². The Morgan fingerprint density at radius 2 is 2.00 bits per heavy atom. The van der Waals surface area contributed by atoms with E-state index < -0.39 is 0 Å². The number of piperidine rings is 1. The van der Waals surface area contributed by atoms with Crippen LogP contribution >= 0.6 is 24.0 Å². The second kappa shape index (κ2) is 10.9. The first-order chi connectivity index (χ1) is 13.8. The molecule has 3 heterocycles. The number of rotatable bonds is 5. The average molecular weight is 512 g/mol. The van der Waals surface area contributed by atoms with Gasteiger partial charge in [0.25, 0.3) is 0 Å². The van der Waals surface area contributed by atoms with Gasteiger partial charge in [0, 0.05) is 25.9 Å². The summed E-state index contributed by atoms with van der Waals surface area (Å²) in [5.74, 6) is 0.902. The molecule has 0 bridgehead atoms. The Morgan fingerprint density at radius 3 is 2.76 bits per heavy atom. The van der Waals surface area contributed by atoms with E-state index >= 15 is 0 Å². The highest BCUT2D eigenvalue weighted by Crippen LogP contribution is 2.21. The second-order valence-electron chi connectivity index (χ2n) is 7.25. The van der Waals surface area contributed by atoms with Crippen molar-refractivity contribution in [3.63, 3.8) is 0 Å². The summed E-state index contributed by atoms with van der Waals surface area (Å²) in [6, 6.07) is 10.2. The predicted molar refractivity (Wildman–Crippen MR) is 123 cm³/mol. The van der Waals surface area contributed by atoms with Crippen LogP contribution in [-0.2, 0) is 16.0 Å². The summed E-state index contributed by atoms with van der Waals surface area (Å²) in [7, 11) is 1.70. The van der Waals surface area contributed by atoms with Gasteiger partial charge >= 0.3 is 0 Å². The van der Waals surface area contributed by atoms with Crippen LogP contribution in [0.1, 0.15) is 31.0 Å². The number of hydrogen-bond acceptors (Lipinski definition) is 5. The number of ether oxygens (including phenoxy) is 2. The standard InChI is InChI=1S/C20H28N6O2.HI/c1-27-19-15-28-14-18(19)26-13-17(23-24-26)12-21-20(25-10-6-3-7-11-25)22-16-8-4-2-5-9-16;/h2,4-5,8-9,13,18-19H,3,6-7,10-12,14-15H2,1H3,(H,21,22);1H/t18-,19-;/m1./s1. The number of likely N-dealkylation sites (tertiary alicyclic amines) is 1. The van der Waals surface area contributed by atoms with Gasteiger partial charge in [-0.05, 0) is 31.4 Å². The fourth-order valence-electron chi connectivity index (χ4n) is 3.67. The lowest BCUT2D eigenvalue weighted by molar-refractivity contribution is 0.0661. The molecule has 1 N–H and O–H groups in total. The molecule has 8 nitrogen and oxygen atoms in total. The van der Waals surface area contributed by atoms with Crippen LogP contribution in [0.5, 0.6) is 0 Å². The summed E-state index contributed by atoms with van der Waals surface area (Å²) in [5.41, 5.74) is 1.88. The number of aromatic nitrogens is 3. The van der Waals surface area contributed by atoms with Gasteiger partial charge in [-0.15, -0.1) is 29.1 Å². The molecule has 0 spiro atoms. The van der Waals surface area contributed by atoms with Crippen molar-refractivity contribution < 1.29 is 9.47 Å². The van der Waals surface area contributed by atoms with Crippen LogP contribution in [0.15, 0.2) is 41.5 Å². The van der Waals surface area contributed by atoms with Crippen LogP contribution in [0.3, 0.4) is 0 Å². The average Bonchev–Trinajstić information content (AvgIpc) is 3.41. The van der Waals surface area contributed by atoms with Crippen molar-refractivity contribution >= 4 is 35.6 Å². The van der Waals surface area contributed by atoms with Gasteiger partial charge in [-0.3, -0.25) is 0 Å². The molecule has 1 aromatic heterocycles. The second-order valence-corrected chi connectivity index (χ2v) is 7.25. The Morgan fingerprint density at radius 1 is 1.21 bits per heavy atom. The van der Waals surface area contributed by atoms with Crippen LogP contribution in [0.2, 0.25) is 0 Å². The summed E-state index contributed by atoms with van der Waals surface area (Å²) in [5, 5.41) is 12.1. The van der Waals surface area contributed by atoms with Gasteiger partial charge in [-0.2, -0.15) is 0 Å². The topological polar surface area (TPSA) is 76.8 Å². The normalized spacial score (nSPS) is 22.4. The van der Waals surface area contributed by atoms with Crippen molar-refractivity contribution in [2.24, 2.45) is 4.99 Å². The molecule has 0 unspecified atom stereocenters. The van der Waals surface area contributed by atoms with E-state index in [2.05, 4.69) is 32.7 Å². The number of halogens is 1. The minimum atomic E-state index is 0. The molecule has 158 valence electrons. The minimum Gasteiger partial charge on any atom is -0.377 e. The zero-order chi connectivity index (χ0) is 19.2. The number of aliphatic imine (C=N–C) groups is 1. The molecule has 29 heavy (non-hydrogen) atoms.